The summed E-state index contributed by atoms with van der Waals surface area (Å²) in [5.41, 5.74) is 2.39. The lowest BCUT2D eigenvalue weighted by atomic mass is 9.75. The van der Waals surface area contributed by atoms with Crippen LogP contribution in [-0.4, -0.2) is 31.1 Å². The summed E-state index contributed by atoms with van der Waals surface area (Å²) in [6.07, 6.45) is 5.38. The quantitative estimate of drug-likeness (QED) is 0.612. The number of amides is 3. The molecular weight excluding hydrogens is 402 g/mol. The maximum absolute atomic E-state index is 12.7. The maximum atomic E-state index is 12.7. The van der Waals surface area contributed by atoms with E-state index in [4.69, 9.17) is 4.74 Å². The monoisotopic (exact) mass is 435 g/mol. The zero-order valence-electron chi connectivity index (χ0n) is 18.7. The van der Waals surface area contributed by atoms with Crippen molar-refractivity contribution in [3.8, 4) is 5.75 Å². The van der Waals surface area contributed by atoms with Gasteiger partial charge in [-0.25, -0.2) is 4.79 Å². The average Bonchev–Trinajstić information content (AvgIpc) is 2.81. The fourth-order valence-electron chi connectivity index (χ4n) is 4.71. The Hall–Kier alpha value is -3.02. The molecule has 0 unspecified atom stereocenters. The molecule has 2 fully saturated rings. The molecule has 2 aromatic carbocycles. The Bertz CT molecular complexity index is 886. The van der Waals surface area contributed by atoms with Gasteiger partial charge >= 0.3 is 6.03 Å². The summed E-state index contributed by atoms with van der Waals surface area (Å²) in [6.45, 7) is 0.471. The van der Waals surface area contributed by atoms with Crippen molar-refractivity contribution in [2.24, 2.45) is 5.92 Å². The molecule has 0 atom stereocenters. The minimum Gasteiger partial charge on any atom is -0.497 e. The number of rotatable bonds is 7. The summed E-state index contributed by atoms with van der Waals surface area (Å²) < 4.78 is 5.15. The van der Waals surface area contributed by atoms with Gasteiger partial charge in [-0.15, -0.1) is 0 Å². The molecule has 0 radical (unpaired) electrons. The third-order valence-electron chi connectivity index (χ3n) is 6.80. The highest BCUT2D eigenvalue weighted by atomic mass is 16.5. The molecule has 2 aliphatic rings. The van der Waals surface area contributed by atoms with Crippen LogP contribution in [-0.2, 0) is 11.3 Å². The predicted octanol–water partition coefficient (Wildman–Crippen LogP) is 4.12. The van der Waals surface area contributed by atoms with Crippen LogP contribution in [0.2, 0.25) is 0 Å². The van der Waals surface area contributed by atoms with Gasteiger partial charge in [-0.2, -0.15) is 0 Å². The number of carbonyl (C=O) groups excluding carboxylic acids is 2. The van der Waals surface area contributed by atoms with Crippen LogP contribution in [0.25, 0.3) is 0 Å². The smallest absolute Gasteiger partial charge is 0.315 e. The summed E-state index contributed by atoms with van der Waals surface area (Å²) in [6, 6.07) is 18.4. The third-order valence-corrected chi connectivity index (χ3v) is 6.80. The van der Waals surface area contributed by atoms with Gasteiger partial charge in [0.15, 0.2) is 0 Å². The molecule has 2 saturated carbocycles. The Kier molecular flexibility index (Phi) is 7.30. The van der Waals surface area contributed by atoms with Crippen LogP contribution in [0.1, 0.15) is 55.6 Å². The van der Waals surface area contributed by atoms with Gasteiger partial charge in [0.1, 0.15) is 5.75 Å². The molecule has 0 saturated heterocycles. The first-order valence-corrected chi connectivity index (χ1v) is 11.6. The highest BCUT2D eigenvalue weighted by Crippen LogP contribution is 2.37. The van der Waals surface area contributed by atoms with Gasteiger partial charge in [-0.3, -0.25) is 4.79 Å². The number of carbonyl (C=O) groups is 2. The number of benzene rings is 2. The van der Waals surface area contributed by atoms with Crippen molar-refractivity contribution in [3.05, 3.63) is 65.7 Å². The minimum absolute atomic E-state index is 0.0613. The van der Waals surface area contributed by atoms with E-state index in [1.807, 2.05) is 30.3 Å². The highest BCUT2D eigenvalue weighted by Gasteiger charge is 2.34. The topological polar surface area (TPSA) is 79.5 Å². The molecule has 0 aromatic heterocycles. The Balaban J connectivity index is 1.12. The van der Waals surface area contributed by atoms with Gasteiger partial charge in [0.05, 0.1) is 7.11 Å². The molecule has 170 valence electrons. The van der Waals surface area contributed by atoms with E-state index in [-0.39, 0.29) is 23.9 Å². The van der Waals surface area contributed by atoms with Crippen molar-refractivity contribution in [2.45, 2.75) is 63.1 Å². The predicted molar refractivity (Wildman–Crippen MR) is 124 cm³/mol. The van der Waals surface area contributed by atoms with Crippen LogP contribution >= 0.6 is 0 Å². The Morgan fingerprint density at radius 2 is 1.56 bits per heavy atom. The van der Waals surface area contributed by atoms with E-state index < -0.39 is 0 Å². The molecule has 0 aliphatic heterocycles. The van der Waals surface area contributed by atoms with E-state index >= 15 is 0 Å². The largest absolute Gasteiger partial charge is 0.497 e. The number of methoxy groups -OCH3 is 1. The van der Waals surface area contributed by atoms with E-state index in [9.17, 15) is 9.59 Å². The number of ether oxygens (including phenoxy) is 1. The second kappa shape index (κ2) is 10.5. The maximum Gasteiger partial charge on any atom is 0.315 e. The van der Waals surface area contributed by atoms with Crippen molar-refractivity contribution in [1.29, 1.82) is 0 Å². The van der Waals surface area contributed by atoms with Crippen molar-refractivity contribution < 1.29 is 14.3 Å². The normalized spacial score (nSPS) is 24.7. The molecule has 2 aliphatic carbocycles. The lowest BCUT2D eigenvalue weighted by Gasteiger charge is -2.37. The molecule has 2 aromatic rings. The first-order chi connectivity index (χ1) is 15.6. The van der Waals surface area contributed by atoms with E-state index in [1.165, 1.54) is 5.56 Å². The van der Waals surface area contributed by atoms with Crippen LogP contribution in [0, 0.1) is 5.92 Å². The third kappa shape index (κ3) is 5.81. The fourth-order valence-corrected chi connectivity index (χ4v) is 4.71. The highest BCUT2D eigenvalue weighted by molar-refractivity contribution is 5.79. The zero-order valence-corrected chi connectivity index (χ0v) is 18.7. The van der Waals surface area contributed by atoms with Gasteiger partial charge < -0.3 is 20.7 Å². The first kappa shape index (κ1) is 22.2. The van der Waals surface area contributed by atoms with E-state index in [0.29, 0.717) is 18.5 Å². The van der Waals surface area contributed by atoms with Crippen LogP contribution in [0.3, 0.4) is 0 Å². The van der Waals surface area contributed by atoms with E-state index in [0.717, 1.165) is 49.8 Å². The van der Waals surface area contributed by atoms with Crippen LogP contribution in [0.15, 0.2) is 54.6 Å². The van der Waals surface area contributed by atoms with Crippen molar-refractivity contribution in [3.63, 3.8) is 0 Å². The Labute approximate surface area is 190 Å². The molecule has 0 bridgehead atoms. The number of hydrogen-bond acceptors (Lipinski definition) is 3. The van der Waals surface area contributed by atoms with E-state index in [2.05, 4.69) is 40.2 Å². The molecule has 0 heterocycles. The number of hydrogen-bond donors (Lipinski definition) is 3. The molecule has 6 heteroatoms. The second-order valence-electron chi connectivity index (χ2n) is 9.01. The van der Waals surface area contributed by atoms with Crippen LogP contribution in [0.4, 0.5) is 4.79 Å². The Morgan fingerprint density at radius 3 is 2.22 bits per heavy atom. The molecule has 32 heavy (non-hydrogen) atoms. The van der Waals surface area contributed by atoms with Gasteiger partial charge in [-0.1, -0.05) is 42.5 Å². The average molecular weight is 436 g/mol. The van der Waals surface area contributed by atoms with Gasteiger partial charge in [0.25, 0.3) is 0 Å². The van der Waals surface area contributed by atoms with Gasteiger partial charge in [0.2, 0.25) is 5.91 Å². The molecule has 0 spiro atoms. The lowest BCUT2D eigenvalue weighted by molar-refractivity contribution is -0.127. The van der Waals surface area contributed by atoms with Crippen LogP contribution in [0.5, 0.6) is 5.75 Å². The standard InChI is InChI=1S/C26H33N3O3/c1-32-24-13-7-18(8-14-24)17-27-26(31)29-22-11-9-20(10-12-22)25(30)28-23-15-21(16-23)19-5-3-2-4-6-19/h2-8,13-14,20-23H,9-12,15-17H2,1H3,(H,28,30)(H2,27,29,31). The zero-order chi connectivity index (χ0) is 22.3. The molecule has 6 nitrogen and oxygen atoms in total. The SMILES string of the molecule is COc1ccc(CNC(=O)NC2CCC(C(=O)NC3CC(c4ccccc4)C3)CC2)cc1. The number of nitrogens with one attached hydrogen (secondary N) is 3. The number of urea groups is 1. The summed E-state index contributed by atoms with van der Waals surface area (Å²) in [5, 5.41) is 9.20. The van der Waals surface area contributed by atoms with Crippen molar-refractivity contribution in [2.75, 3.05) is 7.11 Å². The van der Waals surface area contributed by atoms with Gasteiger partial charge in [-0.05, 0) is 67.7 Å². The fraction of sp³-hybridized carbons (Fsp3) is 0.462. The molecule has 3 amide bonds. The van der Waals surface area contributed by atoms with E-state index in [1.54, 1.807) is 7.11 Å². The summed E-state index contributed by atoms with van der Waals surface area (Å²) >= 11 is 0. The first-order valence-electron chi connectivity index (χ1n) is 11.6. The summed E-state index contributed by atoms with van der Waals surface area (Å²) in [4.78, 5) is 24.9. The van der Waals surface area contributed by atoms with Crippen molar-refractivity contribution >= 4 is 11.9 Å². The Morgan fingerprint density at radius 1 is 0.875 bits per heavy atom. The summed E-state index contributed by atoms with van der Waals surface area (Å²) in [7, 11) is 1.63. The molecule has 4 rings (SSSR count). The second-order valence-corrected chi connectivity index (χ2v) is 9.01. The lowest BCUT2D eigenvalue weighted by Crippen LogP contribution is -2.48. The van der Waals surface area contributed by atoms with Crippen molar-refractivity contribution in [1.82, 2.24) is 16.0 Å². The molecular formula is C26H33N3O3. The van der Waals surface area contributed by atoms with Gasteiger partial charge in [0, 0.05) is 24.5 Å². The summed E-state index contributed by atoms with van der Waals surface area (Å²) in [5.74, 6) is 1.61. The van der Waals surface area contributed by atoms with Crippen LogP contribution < -0.4 is 20.7 Å². The minimum atomic E-state index is -0.157. The molecule has 3 N–H and O–H groups in total.